The van der Waals surface area contributed by atoms with Crippen LogP contribution >= 0.6 is 22.6 Å². The second-order valence-corrected chi connectivity index (χ2v) is 7.31. The first kappa shape index (κ1) is 17.7. The molecule has 0 radical (unpaired) electrons. The van der Waals surface area contributed by atoms with Gasteiger partial charge in [-0.1, -0.05) is 66.3 Å². The second kappa shape index (κ2) is 8.16. The Bertz CT molecular complexity index is 415. The monoisotopic (exact) mass is 386 g/mol. The summed E-state index contributed by atoms with van der Waals surface area (Å²) in [4.78, 5) is 11.7. The molecule has 1 rings (SSSR count). The van der Waals surface area contributed by atoms with E-state index < -0.39 is 0 Å². The van der Waals surface area contributed by atoms with Crippen molar-refractivity contribution >= 4 is 28.4 Å². The van der Waals surface area contributed by atoms with Crippen LogP contribution in [-0.4, -0.2) is 10.2 Å². The number of allylic oxidation sites excluding steroid dienone is 5. The average molecular weight is 386 g/mol. The number of ketones is 1. The summed E-state index contributed by atoms with van der Waals surface area (Å²) in [5.74, 6) is 0.690. The molecule has 0 N–H and O–H groups in total. The van der Waals surface area contributed by atoms with E-state index in [1.807, 2.05) is 0 Å². The number of halogens is 1. The molecule has 1 aliphatic carbocycles. The molecule has 1 nitrogen and oxygen atoms in total. The molecule has 1 atom stereocenters. The number of alkyl halides is 1. The van der Waals surface area contributed by atoms with Crippen molar-refractivity contribution in [3.8, 4) is 0 Å². The first-order valence-electron chi connectivity index (χ1n) is 7.50. The molecule has 0 saturated heterocycles. The SMILES string of the molecule is C=CC(=O)CC1=C(C)CCC(/C=C/CCCI)C1(C)C. The second-order valence-electron chi connectivity index (χ2n) is 6.23. The summed E-state index contributed by atoms with van der Waals surface area (Å²) in [5, 5.41) is 0. The minimum absolute atomic E-state index is 0.0851. The Morgan fingerprint density at radius 2 is 2.20 bits per heavy atom. The number of hydrogen-bond donors (Lipinski definition) is 0. The van der Waals surface area contributed by atoms with Gasteiger partial charge in [0.25, 0.3) is 0 Å². The van der Waals surface area contributed by atoms with Gasteiger partial charge < -0.3 is 0 Å². The van der Waals surface area contributed by atoms with Crippen molar-refractivity contribution in [2.45, 2.75) is 52.9 Å². The third kappa shape index (κ3) is 4.57. The van der Waals surface area contributed by atoms with Gasteiger partial charge in [0, 0.05) is 6.42 Å². The van der Waals surface area contributed by atoms with E-state index >= 15 is 0 Å². The summed E-state index contributed by atoms with van der Waals surface area (Å²) in [6, 6.07) is 0. The number of hydrogen-bond acceptors (Lipinski definition) is 1. The van der Waals surface area contributed by atoms with Gasteiger partial charge in [-0.15, -0.1) is 0 Å². The van der Waals surface area contributed by atoms with Crippen LogP contribution in [-0.2, 0) is 4.79 Å². The zero-order valence-electron chi connectivity index (χ0n) is 13.0. The standard InChI is InChI=1S/C18H27IO/c1-5-16(20)13-17-14(2)10-11-15(18(17,3)4)9-7-6-8-12-19/h5,7,9,15H,1,6,8,10-13H2,2-4H3/b9-7+. The Labute approximate surface area is 137 Å². The topological polar surface area (TPSA) is 17.1 Å². The van der Waals surface area contributed by atoms with Gasteiger partial charge in [-0.05, 0) is 54.4 Å². The van der Waals surface area contributed by atoms with Crippen LogP contribution in [0.4, 0.5) is 0 Å². The lowest BCUT2D eigenvalue weighted by atomic mass is 9.64. The number of carbonyl (C=O) groups is 1. The summed E-state index contributed by atoms with van der Waals surface area (Å²) < 4.78 is 1.22. The van der Waals surface area contributed by atoms with E-state index in [4.69, 9.17) is 0 Å². The molecule has 0 spiro atoms. The van der Waals surface area contributed by atoms with E-state index in [2.05, 4.69) is 62.1 Å². The fraction of sp³-hybridized carbons (Fsp3) is 0.611. The lowest BCUT2D eigenvalue weighted by molar-refractivity contribution is -0.114. The third-order valence-electron chi connectivity index (χ3n) is 4.50. The van der Waals surface area contributed by atoms with E-state index in [-0.39, 0.29) is 11.2 Å². The molecule has 0 aromatic carbocycles. The summed E-state index contributed by atoms with van der Waals surface area (Å²) in [5.41, 5.74) is 2.82. The Morgan fingerprint density at radius 3 is 2.80 bits per heavy atom. The van der Waals surface area contributed by atoms with Gasteiger partial charge in [-0.2, -0.15) is 0 Å². The highest BCUT2D eigenvalue weighted by atomic mass is 127. The van der Waals surface area contributed by atoms with Crippen LogP contribution in [0.15, 0.2) is 36.0 Å². The third-order valence-corrected chi connectivity index (χ3v) is 5.26. The average Bonchev–Trinajstić information content (AvgIpc) is 2.41. The summed E-state index contributed by atoms with van der Waals surface area (Å²) in [6.45, 7) is 10.4. The molecular weight excluding hydrogens is 359 g/mol. The molecule has 0 saturated carbocycles. The van der Waals surface area contributed by atoms with E-state index in [9.17, 15) is 4.79 Å². The Balaban J connectivity index is 2.86. The highest BCUT2D eigenvalue weighted by Gasteiger charge is 2.36. The fourth-order valence-corrected chi connectivity index (χ4v) is 3.52. The van der Waals surface area contributed by atoms with Crippen molar-refractivity contribution in [1.29, 1.82) is 0 Å². The molecule has 2 heteroatoms. The molecule has 112 valence electrons. The maximum Gasteiger partial charge on any atom is 0.159 e. The van der Waals surface area contributed by atoms with Crippen LogP contribution in [0.1, 0.15) is 52.9 Å². The normalized spacial score (nSPS) is 22.3. The summed E-state index contributed by atoms with van der Waals surface area (Å²) >= 11 is 2.42. The minimum Gasteiger partial charge on any atom is -0.295 e. The molecular formula is C18H27IO. The summed E-state index contributed by atoms with van der Waals surface area (Å²) in [6.07, 6.45) is 11.4. The zero-order chi connectivity index (χ0) is 15.2. The molecule has 20 heavy (non-hydrogen) atoms. The smallest absolute Gasteiger partial charge is 0.159 e. The number of carbonyl (C=O) groups excluding carboxylic acids is 1. The van der Waals surface area contributed by atoms with Gasteiger partial charge in [0.2, 0.25) is 0 Å². The lowest BCUT2D eigenvalue weighted by Gasteiger charge is -2.40. The van der Waals surface area contributed by atoms with Crippen LogP contribution < -0.4 is 0 Å². The van der Waals surface area contributed by atoms with Crippen molar-refractivity contribution in [2.24, 2.45) is 11.3 Å². The van der Waals surface area contributed by atoms with Crippen molar-refractivity contribution in [3.05, 3.63) is 36.0 Å². The maximum atomic E-state index is 11.7. The van der Waals surface area contributed by atoms with Crippen molar-refractivity contribution in [1.82, 2.24) is 0 Å². The van der Waals surface area contributed by atoms with Gasteiger partial charge in [-0.25, -0.2) is 0 Å². The van der Waals surface area contributed by atoms with Gasteiger partial charge >= 0.3 is 0 Å². The molecule has 0 aromatic rings. The van der Waals surface area contributed by atoms with Gasteiger partial charge in [-0.3, -0.25) is 4.79 Å². The van der Waals surface area contributed by atoms with Gasteiger partial charge in [0.1, 0.15) is 0 Å². The van der Waals surface area contributed by atoms with Crippen molar-refractivity contribution in [2.75, 3.05) is 4.43 Å². The van der Waals surface area contributed by atoms with Crippen LogP contribution in [0.5, 0.6) is 0 Å². The van der Waals surface area contributed by atoms with Crippen molar-refractivity contribution in [3.63, 3.8) is 0 Å². The molecule has 0 fully saturated rings. The minimum atomic E-state index is 0.0851. The molecule has 0 heterocycles. The molecule has 1 aliphatic rings. The summed E-state index contributed by atoms with van der Waals surface area (Å²) in [7, 11) is 0. The first-order valence-corrected chi connectivity index (χ1v) is 9.03. The maximum absolute atomic E-state index is 11.7. The van der Waals surface area contributed by atoms with Gasteiger partial charge in [0.15, 0.2) is 5.78 Å². The van der Waals surface area contributed by atoms with Crippen LogP contribution in [0.3, 0.4) is 0 Å². The largest absolute Gasteiger partial charge is 0.295 e. The zero-order valence-corrected chi connectivity index (χ0v) is 15.2. The number of unbranched alkanes of at least 4 members (excludes halogenated alkanes) is 1. The van der Waals surface area contributed by atoms with Crippen LogP contribution in [0.25, 0.3) is 0 Å². The molecule has 1 unspecified atom stereocenters. The Morgan fingerprint density at radius 1 is 1.50 bits per heavy atom. The van der Waals surface area contributed by atoms with Gasteiger partial charge in [0.05, 0.1) is 0 Å². The Hall–Kier alpha value is -0.380. The molecule has 0 aliphatic heterocycles. The van der Waals surface area contributed by atoms with E-state index in [1.165, 1.54) is 40.9 Å². The van der Waals surface area contributed by atoms with Crippen molar-refractivity contribution < 1.29 is 4.79 Å². The lowest BCUT2D eigenvalue weighted by Crippen LogP contribution is -2.30. The molecule has 0 amide bonds. The fourth-order valence-electron chi connectivity index (χ4n) is 3.07. The quantitative estimate of drug-likeness (QED) is 0.182. The Kier molecular flexibility index (Phi) is 7.21. The predicted molar refractivity (Wildman–Crippen MR) is 96.3 cm³/mol. The highest BCUT2D eigenvalue weighted by molar-refractivity contribution is 14.1. The molecule has 0 aromatic heterocycles. The van der Waals surface area contributed by atoms with Crippen LogP contribution in [0.2, 0.25) is 0 Å². The van der Waals surface area contributed by atoms with E-state index in [1.54, 1.807) is 0 Å². The van der Waals surface area contributed by atoms with E-state index in [0.717, 1.165) is 6.42 Å². The molecule has 0 bridgehead atoms. The predicted octanol–water partition coefficient (Wildman–Crippen LogP) is 5.66. The highest BCUT2D eigenvalue weighted by Crippen LogP contribution is 2.46. The number of rotatable bonds is 7. The van der Waals surface area contributed by atoms with E-state index in [0.29, 0.717) is 12.3 Å². The first-order chi connectivity index (χ1) is 9.43. The van der Waals surface area contributed by atoms with Crippen LogP contribution in [0, 0.1) is 11.3 Å².